The maximum Gasteiger partial charge on any atom is 0.270 e. The highest BCUT2D eigenvalue weighted by Gasteiger charge is 2.34. The third kappa shape index (κ3) is 6.12. The van der Waals surface area contributed by atoms with Gasteiger partial charge in [0.15, 0.2) is 16.6 Å². The van der Waals surface area contributed by atoms with Gasteiger partial charge < -0.3 is 9.47 Å². The van der Waals surface area contributed by atoms with Gasteiger partial charge in [0.1, 0.15) is 5.57 Å². The lowest BCUT2D eigenvalue weighted by Crippen LogP contribution is -2.54. The molecule has 0 aliphatic carbocycles. The van der Waals surface area contributed by atoms with Crippen molar-refractivity contribution in [3.05, 3.63) is 58.6 Å². The number of thiocarbonyl (C=S) groups is 1. The smallest absolute Gasteiger partial charge is 0.270 e. The van der Waals surface area contributed by atoms with E-state index in [0.717, 1.165) is 25.7 Å². The van der Waals surface area contributed by atoms with E-state index < -0.39 is 11.8 Å². The van der Waals surface area contributed by atoms with E-state index in [1.165, 1.54) is 11.0 Å². The average Bonchev–Trinajstić information content (AvgIpc) is 2.79. The lowest BCUT2D eigenvalue weighted by atomic mass is 10.1. The van der Waals surface area contributed by atoms with Crippen LogP contribution in [0, 0.1) is 0 Å². The van der Waals surface area contributed by atoms with Crippen molar-refractivity contribution in [2.24, 2.45) is 0 Å². The summed E-state index contributed by atoms with van der Waals surface area (Å²) in [5.74, 6) is -0.155. The summed E-state index contributed by atoms with van der Waals surface area (Å²) >= 11 is 11.7. The molecule has 33 heavy (non-hydrogen) atoms. The van der Waals surface area contributed by atoms with Crippen molar-refractivity contribution in [3.8, 4) is 11.5 Å². The summed E-state index contributed by atoms with van der Waals surface area (Å²) < 4.78 is 11.6. The van der Waals surface area contributed by atoms with Crippen LogP contribution in [-0.2, 0) is 9.59 Å². The van der Waals surface area contributed by atoms with Gasteiger partial charge in [-0.15, -0.1) is 0 Å². The number of rotatable bonds is 10. The quantitative estimate of drug-likeness (QED) is 0.207. The molecule has 1 N–H and O–H groups in total. The Morgan fingerprint density at radius 3 is 2.52 bits per heavy atom. The van der Waals surface area contributed by atoms with Crippen molar-refractivity contribution in [1.29, 1.82) is 0 Å². The number of para-hydroxylation sites is 1. The Hall–Kier alpha value is -2.90. The molecule has 3 rings (SSSR count). The van der Waals surface area contributed by atoms with Crippen molar-refractivity contribution >= 4 is 52.5 Å². The van der Waals surface area contributed by atoms with Gasteiger partial charge >= 0.3 is 0 Å². The minimum atomic E-state index is -0.567. The van der Waals surface area contributed by atoms with Gasteiger partial charge in [0.05, 0.1) is 23.9 Å². The molecule has 2 aromatic rings. The van der Waals surface area contributed by atoms with E-state index in [0.29, 0.717) is 41.0 Å². The summed E-state index contributed by atoms with van der Waals surface area (Å²) in [6, 6.07) is 12.3. The summed E-state index contributed by atoms with van der Waals surface area (Å²) in [6.45, 7) is 4.96. The van der Waals surface area contributed by atoms with Gasteiger partial charge in [-0.1, -0.05) is 56.0 Å². The highest BCUT2D eigenvalue weighted by molar-refractivity contribution is 7.80. The number of hydrogen-bond acceptors (Lipinski definition) is 5. The first kappa shape index (κ1) is 24.7. The number of hydrogen-bond donors (Lipinski definition) is 1. The van der Waals surface area contributed by atoms with Crippen LogP contribution in [0.25, 0.3) is 6.08 Å². The Balaban J connectivity index is 1.89. The molecule has 0 spiro atoms. The fraction of sp³-hybridized carbons (Fsp3) is 0.320. The van der Waals surface area contributed by atoms with Gasteiger partial charge in [-0.2, -0.15) is 0 Å². The number of nitrogens with zero attached hydrogens (tertiary/aromatic N) is 1. The van der Waals surface area contributed by atoms with E-state index >= 15 is 0 Å². The van der Waals surface area contributed by atoms with Crippen LogP contribution in [0.3, 0.4) is 0 Å². The molecule has 1 aliphatic rings. The van der Waals surface area contributed by atoms with E-state index in [2.05, 4.69) is 12.2 Å². The van der Waals surface area contributed by atoms with E-state index in [1.807, 2.05) is 13.0 Å². The summed E-state index contributed by atoms with van der Waals surface area (Å²) in [5, 5.41) is 2.96. The van der Waals surface area contributed by atoms with Gasteiger partial charge in [-0.25, -0.2) is 0 Å². The summed E-state index contributed by atoms with van der Waals surface area (Å²) in [6.07, 6.45) is 5.79. The number of halogens is 1. The predicted molar refractivity (Wildman–Crippen MR) is 135 cm³/mol. The standard InChI is InChI=1S/C25H27ClN2O4S/c1-3-5-6-10-13-32-22-20(26)15-17(16-21(22)31-4-2)14-19-23(29)27-25(33)28(24(19)30)18-11-8-7-9-12-18/h7-9,11-12,14-16H,3-6,10,13H2,1-2H3,(H,27,29,33). The first-order valence-electron chi connectivity index (χ1n) is 11.0. The van der Waals surface area contributed by atoms with Gasteiger partial charge in [0, 0.05) is 0 Å². The van der Waals surface area contributed by atoms with Crippen molar-refractivity contribution in [3.63, 3.8) is 0 Å². The van der Waals surface area contributed by atoms with E-state index in [-0.39, 0.29) is 10.7 Å². The Labute approximate surface area is 204 Å². The molecule has 6 nitrogen and oxygen atoms in total. The fourth-order valence-corrected chi connectivity index (χ4v) is 3.97. The van der Waals surface area contributed by atoms with Crippen LogP contribution in [-0.4, -0.2) is 30.1 Å². The third-order valence-electron chi connectivity index (χ3n) is 5.00. The van der Waals surface area contributed by atoms with Crippen molar-refractivity contribution in [1.82, 2.24) is 5.32 Å². The molecule has 1 saturated heterocycles. The van der Waals surface area contributed by atoms with E-state index in [9.17, 15) is 9.59 Å². The Kier molecular flexibility index (Phi) is 8.86. The van der Waals surface area contributed by atoms with Crippen LogP contribution < -0.4 is 19.7 Å². The fourth-order valence-electron chi connectivity index (χ4n) is 3.41. The number of unbranched alkanes of at least 4 members (excludes halogenated alkanes) is 3. The van der Waals surface area contributed by atoms with E-state index in [1.54, 1.807) is 36.4 Å². The Morgan fingerprint density at radius 2 is 1.82 bits per heavy atom. The number of ether oxygens (including phenoxy) is 2. The second-order valence-corrected chi connectivity index (χ2v) is 8.26. The second kappa shape index (κ2) is 11.8. The zero-order valence-electron chi connectivity index (χ0n) is 18.7. The summed E-state index contributed by atoms with van der Waals surface area (Å²) in [7, 11) is 0. The zero-order valence-corrected chi connectivity index (χ0v) is 20.3. The van der Waals surface area contributed by atoms with E-state index in [4.69, 9.17) is 33.3 Å². The molecule has 1 fully saturated rings. The number of carbonyl (C=O) groups excluding carboxylic acids is 2. The van der Waals surface area contributed by atoms with Crippen LogP contribution in [0.15, 0.2) is 48.0 Å². The maximum atomic E-state index is 13.2. The molecule has 0 atom stereocenters. The highest BCUT2D eigenvalue weighted by atomic mass is 35.5. The van der Waals surface area contributed by atoms with Gasteiger partial charge in [0.25, 0.3) is 11.8 Å². The molecule has 1 heterocycles. The van der Waals surface area contributed by atoms with Gasteiger partial charge in [-0.3, -0.25) is 19.8 Å². The predicted octanol–water partition coefficient (Wildman–Crippen LogP) is 5.53. The van der Waals surface area contributed by atoms with Crippen LogP contribution in [0.5, 0.6) is 11.5 Å². The topological polar surface area (TPSA) is 67.9 Å². The molecule has 1 aliphatic heterocycles. The van der Waals surface area contributed by atoms with Crippen LogP contribution in [0.4, 0.5) is 5.69 Å². The number of anilines is 1. The second-order valence-electron chi connectivity index (χ2n) is 7.47. The van der Waals surface area contributed by atoms with Crippen molar-refractivity contribution in [2.75, 3.05) is 18.1 Å². The number of carbonyl (C=O) groups is 2. The first-order chi connectivity index (χ1) is 16.0. The van der Waals surface area contributed by atoms with Crippen LogP contribution in [0.2, 0.25) is 5.02 Å². The molecule has 8 heteroatoms. The van der Waals surface area contributed by atoms with Crippen molar-refractivity contribution < 1.29 is 19.1 Å². The SMILES string of the molecule is CCCCCCOc1c(Cl)cc(C=C2C(=O)NC(=S)N(c3ccccc3)C2=O)cc1OCC. The highest BCUT2D eigenvalue weighted by Crippen LogP contribution is 2.37. The zero-order chi connectivity index (χ0) is 23.8. The Morgan fingerprint density at radius 1 is 1.06 bits per heavy atom. The monoisotopic (exact) mass is 486 g/mol. The average molecular weight is 487 g/mol. The molecular weight excluding hydrogens is 460 g/mol. The minimum absolute atomic E-state index is 0.0354. The minimum Gasteiger partial charge on any atom is -0.490 e. The lowest BCUT2D eigenvalue weighted by molar-refractivity contribution is -0.122. The lowest BCUT2D eigenvalue weighted by Gasteiger charge is -2.28. The normalized spacial score (nSPS) is 15.1. The molecular formula is C25H27ClN2O4S. The number of nitrogens with one attached hydrogen (secondary N) is 1. The molecule has 0 radical (unpaired) electrons. The molecule has 0 saturated carbocycles. The summed E-state index contributed by atoms with van der Waals surface area (Å²) in [5.41, 5.74) is 1.05. The van der Waals surface area contributed by atoms with Crippen LogP contribution >= 0.6 is 23.8 Å². The molecule has 174 valence electrons. The molecule has 2 amide bonds. The summed E-state index contributed by atoms with van der Waals surface area (Å²) in [4.78, 5) is 27.0. The van der Waals surface area contributed by atoms with Crippen LogP contribution in [0.1, 0.15) is 45.1 Å². The maximum absolute atomic E-state index is 13.2. The van der Waals surface area contributed by atoms with Crippen molar-refractivity contribution in [2.45, 2.75) is 39.5 Å². The van der Waals surface area contributed by atoms with Gasteiger partial charge in [0.2, 0.25) is 0 Å². The molecule has 2 aromatic carbocycles. The Bertz CT molecular complexity index is 1060. The molecule has 0 unspecified atom stereocenters. The molecule has 0 bridgehead atoms. The number of benzene rings is 2. The molecule has 0 aromatic heterocycles. The third-order valence-corrected chi connectivity index (χ3v) is 5.57. The van der Waals surface area contributed by atoms with Gasteiger partial charge in [-0.05, 0) is 61.5 Å². The largest absolute Gasteiger partial charge is 0.490 e. The number of amides is 2. The first-order valence-corrected chi connectivity index (χ1v) is 11.8.